The van der Waals surface area contributed by atoms with Crippen molar-refractivity contribution in [1.29, 1.82) is 0 Å². The van der Waals surface area contributed by atoms with Gasteiger partial charge in [0.25, 0.3) is 0 Å². The van der Waals surface area contributed by atoms with E-state index < -0.39 is 0 Å². The van der Waals surface area contributed by atoms with Crippen LogP contribution in [-0.2, 0) is 0 Å². The second-order valence-electron chi connectivity index (χ2n) is 26.3. The molecule has 15 aromatic carbocycles. The highest BCUT2D eigenvalue weighted by Crippen LogP contribution is 2.25. The summed E-state index contributed by atoms with van der Waals surface area (Å²) < 4.78 is 0. The molecule has 0 radical (unpaired) electrons. The van der Waals surface area contributed by atoms with Gasteiger partial charge in [-0.15, -0.1) is 0 Å². The topological polar surface area (TPSA) is 0 Å². The fraction of sp³-hybridized carbons (Fsp3) is 0.316. The lowest BCUT2D eigenvalue weighted by Gasteiger charge is -2.03. The largest absolute Gasteiger partial charge is 0.0683 e. The molecule has 0 aromatic heterocycles. The van der Waals surface area contributed by atoms with Gasteiger partial charge in [-0.25, -0.2) is 0 Å². The number of hydrogen-bond acceptors (Lipinski definition) is 0. The summed E-state index contributed by atoms with van der Waals surface area (Å²) in [7, 11) is 0. The quantitative estimate of drug-likeness (QED) is 0.142. The van der Waals surface area contributed by atoms with Crippen molar-refractivity contribution in [3.8, 4) is 0 Å². The highest BCUT2D eigenvalue weighted by Gasteiger charge is 2.01. The van der Waals surface area contributed by atoms with E-state index in [1.165, 1.54) is 165 Å². The Kier molecular flexibility index (Phi) is 61.9. The number of aryl methyl sites for hydroxylation is 18. The third kappa shape index (κ3) is 41.6. The monoisotopic (exact) mass is 1530 g/mol. The maximum absolute atomic E-state index is 2.24. The van der Waals surface area contributed by atoms with Gasteiger partial charge in [-0.2, -0.15) is 0 Å². The average Bonchev–Trinajstić information content (AvgIpc) is 0.861. The number of fused-ring (bicyclic) bond motifs is 6. The maximum atomic E-state index is 2.24. The van der Waals surface area contributed by atoms with Gasteiger partial charge in [-0.3, -0.25) is 0 Å². The van der Waals surface area contributed by atoms with Gasteiger partial charge in [0.2, 0.25) is 0 Å². The summed E-state index contributed by atoms with van der Waals surface area (Å²) in [5, 5.41) is 16.2. The lowest BCUT2D eigenvalue weighted by atomic mass is 10.0. The van der Waals surface area contributed by atoms with Gasteiger partial charge >= 0.3 is 0 Å². The summed E-state index contributed by atoms with van der Waals surface area (Å²) in [5.74, 6) is 0. The fourth-order valence-corrected chi connectivity index (χ4v) is 11.5. The van der Waals surface area contributed by atoms with Crippen LogP contribution in [0.15, 0.2) is 291 Å². The Bertz CT molecular complexity index is 4740. The third-order valence-electron chi connectivity index (χ3n) is 17.2. The molecule has 0 saturated carbocycles. The molecule has 0 aliphatic rings. The maximum Gasteiger partial charge on any atom is -0.0152 e. The first-order chi connectivity index (χ1) is 55.0. The molecule has 0 fully saturated rings. The molecule has 0 atom stereocenters. The first kappa shape index (κ1) is 108. The van der Waals surface area contributed by atoms with Crippen LogP contribution in [0.4, 0.5) is 0 Å². The van der Waals surface area contributed by atoms with E-state index in [1.54, 1.807) is 0 Å². The summed E-state index contributed by atoms with van der Waals surface area (Å²) >= 11 is 0. The van der Waals surface area contributed by atoms with Gasteiger partial charge in [0.15, 0.2) is 0 Å². The van der Waals surface area contributed by atoms with Gasteiger partial charge in [0.1, 0.15) is 0 Å². The van der Waals surface area contributed by atoms with E-state index in [0.717, 1.165) is 0 Å². The molecule has 0 amide bonds. The summed E-state index contributed by atoms with van der Waals surface area (Å²) in [6.45, 7) is 74.3. The normalized spacial score (nSPS) is 9.05. The molecule has 15 rings (SSSR count). The first-order valence-electron chi connectivity index (χ1n) is 42.9. The summed E-state index contributed by atoms with van der Waals surface area (Å²) in [6.07, 6.45) is 0. The second kappa shape index (κ2) is 65.3. The van der Waals surface area contributed by atoms with Crippen molar-refractivity contribution < 1.29 is 0 Å². The molecule has 0 saturated heterocycles. The molecule has 114 heavy (non-hydrogen) atoms. The van der Waals surface area contributed by atoms with Gasteiger partial charge < -0.3 is 0 Å². The Labute approximate surface area is 700 Å². The van der Waals surface area contributed by atoms with E-state index in [2.05, 4.69) is 416 Å². The SMILES string of the molecule is CC.CC.CC.CC.CC.CC.CC.CC.CC.Cc1cc(C)c2ccccc2c1.Cc1ccc(C)c2ccccc12.Cc1ccc(C)cc1.Cc1ccc2c(C)cccc2c1.Cc1ccc2cc(C)ccc2c1.Cc1ccc2ccc(C)cc2c1.Cc1ccc2cccc(C)c2c1.Cc1cccc(C)c1.Cc1ccccc1C. The molecule has 0 heteroatoms. The van der Waals surface area contributed by atoms with Crippen LogP contribution in [0, 0.1) is 125 Å². The van der Waals surface area contributed by atoms with Crippen molar-refractivity contribution in [2.24, 2.45) is 0 Å². The average molecular weight is 1530 g/mol. The molecular formula is C114H156. The summed E-state index contributed by atoms with van der Waals surface area (Å²) in [4.78, 5) is 0. The predicted molar refractivity (Wildman–Crippen MR) is 530 cm³/mol. The third-order valence-corrected chi connectivity index (χ3v) is 17.2. The van der Waals surface area contributed by atoms with Crippen LogP contribution in [0.2, 0.25) is 0 Å². The highest BCUT2D eigenvalue weighted by molar-refractivity contribution is 5.90. The Morgan fingerprint density at radius 2 is 0.351 bits per heavy atom. The van der Waals surface area contributed by atoms with Crippen molar-refractivity contribution in [3.05, 3.63) is 391 Å². The first-order valence-corrected chi connectivity index (χ1v) is 42.9. The lowest BCUT2D eigenvalue weighted by Crippen LogP contribution is -1.80. The van der Waals surface area contributed by atoms with Crippen LogP contribution in [0.3, 0.4) is 0 Å². The number of rotatable bonds is 0. The van der Waals surface area contributed by atoms with Crippen LogP contribution >= 0.6 is 0 Å². The molecule has 0 N–H and O–H groups in total. The fourth-order valence-electron chi connectivity index (χ4n) is 11.5. The van der Waals surface area contributed by atoms with Crippen LogP contribution in [0.25, 0.3) is 64.6 Å². The molecule has 0 aliphatic carbocycles. The van der Waals surface area contributed by atoms with Crippen molar-refractivity contribution in [3.63, 3.8) is 0 Å². The Hall–Kier alpha value is -10.1. The summed E-state index contributed by atoms with van der Waals surface area (Å²) in [6, 6.07) is 103. The van der Waals surface area contributed by atoms with Crippen molar-refractivity contribution >= 4 is 64.6 Å². The zero-order valence-corrected chi connectivity index (χ0v) is 78.7. The second-order valence-corrected chi connectivity index (χ2v) is 26.3. The Balaban J connectivity index is -0.00000119. The van der Waals surface area contributed by atoms with Gasteiger partial charge in [0, 0.05) is 0 Å². The smallest absolute Gasteiger partial charge is 0.0152 e. The van der Waals surface area contributed by atoms with E-state index in [0.29, 0.717) is 0 Å². The van der Waals surface area contributed by atoms with Crippen molar-refractivity contribution in [2.45, 2.75) is 249 Å². The lowest BCUT2D eigenvalue weighted by molar-refractivity contribution is 1.34. The van der Waals surface area contributed by atoms with Gasteiger partial charge in [0.05, 0.1) is 0 Å². The van der Waals surface area contributed by atoms with E-state index in [1.807, 2.05) is 125 Å². The molecule has 0 unspecified atom stereocenters. The molecule has 0 nitrogen and oxygen atoms in total. The van der Waals surface area contributed by atoms with Crippen LogP contribution in [-0.4, -0.2) is 0 Å². The predicted octanol–water partition coefficient (Wildman–Crippen LogP) is 36.9. The van der Waals surface area contributed by atoms with E-state index in [9.17, 15) is 0 Å². The van der Waals surface area contributed by atoms with Gasteiger partial charge in [-0.1, -0.05) is 477 Å². The number of hydrogen-bond donors (Lipinski definition) is 0. The Morgan fingerprint density at radius 1 is 0.105 bits per heavy atom. The van der Waals surface area contributed by atoms with E-state index in [4.69, 9.17) is 0 Å². The minimum Gasteiger partial charge on any atom is -0.0683 e. The highest BCUT2D eigenvalue weighted by atomic mass is 14.1. The summed E-state index contributed by atoms with van der Waals surface area (Å²) in [5.41, 5.74) is 24.2. The molecule has 0 bridgehead atoms. The van der Waals surface area contributed by atoms with Crippen LogP contribution < -0.4 is 0 Å². The minimum atomic E-state index is 1.33. The Morgan fingerprint density at radius 3 is 0.737 bits per heavy atom. The van der Waals surface area contributed by atoms with Crippen LogP contribution in [0.1, 0.15) is 225 Å². The standard InChI is InChI=1S/6C12H12.3C8H10.9C2H6/c1-9-3-5-12-8-10(2)4-6-11(12)7-9;1-9-3-5-11-6-4-10(2)8-12(11)7-9;1-9-6-7-12-10(2)4-3-5-11(12)8-9;1-9-6-7-11-5-3-4-10(2)12(11)8-9;1-9-7-10(2)12-6-4-3-5-11(12)8-9;1-9-7-8-10(2)12-6-4-3-5-11(9)12;1-7-3-5-8(2)6-4-7;1-7-4-3-5-8(2)6-7;1-7-5-3-4-6-8(7)2;9*1-2/h6*3-8H,1-2H3;3*3-6H,1-2H3;9*1-2H3. The van der Waals surface area contributed by atoms with Crippen molar-refractivity contribution in [1.82, 2.24) is 0 Å². The molecule has 0 aliphatic heterocycles. The van der Waals surface area contributed by atoms with E-state index >= 15 is 0 Å². The zero-order chi connectivity index (χ0) is 87.3. The molecule has 612 valence electrons. The zero-order valence-electron chi connectivity index (χ0n) is 78.7. The minimum absolute atomic E-state index is 1.33. The van der Waals surface area contributed by atoms with Gasteiger partial charge in [-0.05, 0) is 228 Å². The van der Waals surface area contributed by atoms with E-state index in [-0.39, 0.29) is 0 Å². The molecule has 0 heterocycles. The van der Waals surface area contributed by atoms with Crippen molar-refractivity contribution in [2.75, 3.05) is 0 Å². The number of benzene rings is 15. The molecule has 0 spiro atoms. The van der Waals surface area contributed by atoms with Crippen LogP contribution in [0.5, 0.6) is 0 Å². The molecular weight excluding hydrogens is 1370 g/mol. The molecule has 15 aromatic rings.